The summed E-state index contributed by atoms with van der Waals surface area (Å²) < 4.78 is 11.1. The number of nitrogens with zero attached hydrogens (tertiary/aromatic N) is 1. The first-order valence-electron chi connectivity index (χ1n) is 12.1. The number of rotatable bonds is 12. The Balaban J connectivity index is 1.92. The second kappa shape index (κ2) is 13.9. The minimum absolute atomic E-state index is 0.195. The molecule has 6 nitrogen and oxygen atoms in total. The number of nitrogens with one attached hydrogen (secondary N) is 1. The van der Waals surface area contributed by atoms with Crippen molar-refractivity contribution in [3.63, 3.8) is 0 Å². The van der Waals surface area contributed by atoms with Crippen molar-refractivity contribution in [2.24, 2.45) is 5.92 Å². The zero-order valence-corrected chi connectivity index (χ0v) is 22.8. The molecule has 0 saturated heterocycles. The van der Waals surface area contributed by atoms with Gasteiger partial charge in [0.25, 0.3) is 5.91 Å². The minimum Gasteiger partial charge on any atom is -0.497 e. The molecule has 3 rings (SSSR count). The Morgan fingerprint density at radius 2 is 1.68 bits per heavy atom. The molecule has 0 aliphatic heterocycles. The third-order valence-corrected chi connectivity index (χ3v) is 6.22. The van der Waals surface area contributed by atoms with Crippen molar-refractivity contribution >= 4 is 35.0 Å². The number of benzene rings is 3. The maximum atomic E-state index is 13.6. The molecule has 1 atom stereocenters. The molecule has 0 unspecified atom stereocenters. The molecular weight excluding hydrogens is 511 g/mol. The highest BCUT2D eigenvalue weighted by Crippen LogP contribution is 2.28. The molecule has 3 aromatic carbocycles. The van der Waals surface area contributed by atoms with Crippen molar-refractivity contribution in [1.82, 2.24) is 10.2 Å². The highest BCUT2D eigenvalue weighted by Gasteiger charge is 2.31. The molecular formula is C29H32Cl2N2O4. The largest absolute Gasteiger partial charge is 0.497 e. The van der Waals surface area contributed by atoms with Crippen LogP contribution in [0.3, 0.4) is 0 Å². The number of halogens is 2. The maximum absolute atomic E-state index is 13.6. The molecule has 37 heavy (non-hydrogen) atoms. The lowest BCUT2D eigenvalue weighted by Gasteiger charge is -2.32. The number of hydrogen-bond donors (Lipinski definition) is 1. The van der Waals surface area contributed by atoms with Crippen molar-refractivity contribution in [2.75, 3.05) is 20.3 Å². The average Bonchev–Trinajstić information content (AvgIpc) is 2.89. The van der Waals surface area contributed by atoms with Crippen LogP contribution in [0.5, 0.6) is 11.5 Å². The van der Waals surface area contributed by atoms with E-state index < -0.39 is 6.04 Å². The second-order valence-electron chi connectivity index (χ2n) is 9.08. The number of hydrogen-bond acceptors (Lipinski definition) is 4. The van der Waals surface area contributed by atoms with Gasteiger partial charge in [-0.05, 0) is 47.4 Å². The van der Waals surface area contributed by atoms with Crippen molar-refractivity contribution in [1.29, 1.82) is 0 Å². The molecule has 0 heterocycles. The van der Waals surface area contributed by atoms with Gasteiger partial charge in [-0.3, -0.25) is 9.59 Å². The van der Waals surface area contributed by atoms with Gasteiger partial charge in [0.15, 0.2) is 6.61 Å². The lowest BCUT2D eigenvalue weighted by atomic mass is 10.0. The second-order valence-corrected chi connectivity index (χ2v) is 9.92. The van der Waals surface area contributed by atoms with Crippen LogP contribution >= 0.6 is 23.2 Å². The van der Waals surface area contributed by atoms with Crippen LogP contribution in [0, 0.1) is 5.92 Å². The van der Waals surface area contributed by atoms with E-state index in [-0.39, 0.29) is 30.9 Å². The van der Waals surface area contributed by atoms with Crippen molar-refractivity contribution in [2.45, 2.75) is 32.9 Å². The lowest BCUT2D eigenvalue weighted by molar-refractivity contribution is -0.142. The maximum Gasteiger partial charge on any atom is 0.261 e. The fourth-order valence-corrected chi connectivity index (χ4v) is 4.22. The number of ether oxygens (including phenoxy) is 2. The summed E-state index contributed by atoms with van der Waals surface area (Å²) in [7, 11) is 1.59. The number of amides is 2. The van der Waals surface area contributed by atoms with Crippen molar-refractivity contribution < 1.29 is 19.1 Å². The zero-order chi connectivity index (χ0) is 26.8. The quantitative estimate of drug-likeness (QED) is 0.314. The third-order valence-electron chi connectivity index (χ3n) is 5.69. The molecule has 0 spiro atoms. The van der Waals surface area contributed by atoms with E-state index in [0.29, 0.717) is 34.5 Å². The van der Waals surface area contributed by atoms with Gasteiger partial charge < -0.3 is 19.7 Å². The SMILES string of the molecule is COc1cccc(CN(C(=O)COc2ccc(Cl)cc2Cl)[C@H](Cc2ccccc2)C(=O)NCC(C)C)c1. The first-order valence-corrected chi connectivity index (χ1v) is 12.8. The zero-order valence-electron chi connectivity index (χ0n) is 21.2. The Morgan fingerprint density at radius 3 is 2.35 bits per heavy atom. The summed E-state index contributed by atoms with van der Waals surface area (Å²) in [5.74, 6) is 0.689. The predicted molar refractivity (Wildman–Crippen MR) is 147 cm³/mol. The Labute approximate surface area is 228 Å². The summed E-state index contributed by atoms with van der Waals surface area (Å²) in [6, 6.07) is 21.1. The van der Waals surface area contributed by atoms with Crippen molar-refractivity contribution in [3.05, 3.63) is 94.0 Å². The monoisotopic (exact) mass is 542 g/mol. The van der Waals surface area contributed by atoms with Gasteiger partial charge in [0.2, 0.25) is 5.91 Å². The Bertz CT molecular complexity index is 1190. The van der Waals surface area contributed by atoms with Crippen LogP contribution in [0.25, 0.3) is 0 Å². The molecule has 8 heteroatoms. The smallest absolute Gasteiger partial charge is 0.261 e. The van der Waals surface area contributed by atoms with Gasteiger partial charge in [-0.2, -0.15) is 0 Å². The van der Waals surface area contributed by atoms with Crippen LogP contribution in [0.2, 0.25) is 10.0 Å². The number of carbonyl (C=O) groups excluding carboxylic acids is 2. The minimum atomic E-state index is -0.760. The van der Waals surface area contributed by atoms with Gasteiger partial charge in [0, 0.05) is 24.5 Å². The van der Waals surface area contributed by atoms with Crippen LogP contribution in [-0.4, -0.2) is 43.0 Å². The summed E-state index contributed by atoms with van der Waals surface area (Å²) in [4.78, 5) is 28.7. The highest BCUT2D eigenvalue weighted by atomic mass is 35.5. The number of methoxy groups -OCH3 is 1. The Morgan fingerprint density at radius 1 is 0.946 bits per heavy atom. The molecule has 3 aromatic rings. The van der Waals surface area contributed by atoms with E-state index in [1.54, 1.807) is 30.2 Å². The van der Waals surface area contributed by atoms with E-state index in [9.17, 15) is 9.59 Å². The van der Waals surface area contributed by atoms with Crippen molar-refractivity contribution in [3.8, 4) is 11.5 Å². The van der Waals surface area contributed by atoms with Gasteiger partial charge in [-0.25, -0.2) is 0 Å². The normalized spacial score (nSPS) is 11.6. The average molecular weight is 543 g/mol. The standard InChI is InChI=1S/C29H32Cl2N2O4/c1-20(2)17-32-29(35)26(15-21-8-5-4-6-9-21)33(18-22-10-7-11-24(14-22)36-3)28(34)19-37-27-13-12-23(30)16-25(27)31/h4-14,16,20,26H,15,17-19H2,1-3H3,(H,32,35)/t26-/m1/s1. The van der Waals surface area contributed by atoms with Gasteiger partial charge in [0.05, 0.1) is 12.1 Å². The molecule has 0 aliphatic carbocycles. The predicted octanol–water partition coefficient (Wildman–Crippen LogP) is 5.79. The molecule has 0 aliphatic rings. The molecule has 0 fully saturated rings. The lowest BCUT2D eigenvalue weighted by Crippen LogP contribution is -2.52. The van der Waals surface area contributed by atoms with E-state index in [1.165, 1.54) is 0 Å². The summed E-state index contributed by atoms with van der Waals surface area (Å²) in [5.41, 5.74) is 1.77. The molecule has 196 valence electrons. The fraction of sp³-hybridized carbons (Fsp3) is 0.310. The van der Waals surface area contributed by atoms with Gasteiger partial charge in [-0.15, -0.1) is 0 Å². The van der Waals surface area contributed by atoms with E-state index in [2.05, 4.69) is 5.32 Å². The third kappa shape index (κ3) is 8.69. The van der Waals surface area contributed by atoms with Gasteiger partial charge >= 0.3 is 0 Å². The van der Waals surface area contributed by atoms with Crippen LogP contribution in [0.4, 0.5) is 0 Å². The Hall–Kier alpha value is -3.22. The van der Waals surface area contributed by atoms with E-state index in [0.717, 1.165) is 11.1 Å². The summed E-state index contributed by atoms with van der Waals surface area (Å²) in [6.07, 6.45) is 0.349. The fourth-order valence-electron chi connectivity index (χ4n) is 3.76. The first kappa shape index (κ1) is 28.4. The topological polar surface area (TPSA) is 67.9 Å². The molecule has 0 radical (unpaired) electrons. The molecule has 0 bridgehead atoms. The van der Waals surface area contributed by atoms with E-state index in [4.69, 9.17) is 32.7 Å². The Kier molecular flexibility index (Phi) is 10.7. The van der Waals surface area contributed by atoms with Crippen LogP contribution in [-0.2, 0) is 22.6 Å². The number of carbonyl (C=O) groups is 2. The van der Waals surface area contributed by atoms with Crippen LogP contribution < -0.4 is 14.8 Å². The summed E-state index contributed by atoms with van der Waals surface area (Å²) >= 11 is 12.2. The van der Waals surface area contributed by atoms with Gasteiger partial charge in [-0.1, -0.05) is 79.5 Å². The molecule has 0 aromatic heterocycles. The molecule has 2 amide bonds. The molecule has 0 saturated carbocycles. The summed E-state index contributed by atoms with van der Waals surface area (Å²) in [6.45, 7) is 4.45. The van der Waals surface area contributed by atoms with Gasteiger partial charge in [0.1, 0.15) is 17.5 Å². The van der Waals surface area contributed by atoms with Crippen LogP contribution in [0.15, 0.2) is 72.8 Å². The first-order chi connectivity index (χ1) is 17.8. The highest BCUT2D eigenvalue weighted by molar-refractivity contribution is 6.35. The summed E-state index contributed by atoms with van der Waals surface area (Å²) in [5, 5.41) is 3.77. The van der Waals surface area contributed by atoms with E-state index in [1.807, 2.05) is 68.4 Å². The van der Waals surface area contributed by atoms with E-state index >= 15 is 0 Å². The van der Waals surface area contributed by atoms with Crippen LogP contribution in [0.1, 0.15) is 25.0 Å². The molecule has 1 N–H and O–H groups in total.